The third kappa shape index (κ3) is 1.84. The minimum Gasteiger partial charge on any atom is -0.275 e. The molecule has 0 saturated carbocycles. The Hall–Kier alpha value is -0.300. The van der Waals surface area contributed by atoms with Crippen LogP contribution in [0.15, 0.2) is 9.98 Å². The molecule has 0 unspecified atom stereocenters. The number of rotatable bonds is 0. The summed E-state index contributed by atoms with van der Waals surface area (Å²) in [5, 5.41) is 6.88. The Balaban J connectivity index is 3.25. The topological polar surface area (TPSA) is 28.8 Å². The first-order valence-corrected chi connectivity index (χ1v) is 4.02. The van der Waals surface area contributed by atoms with Crippen LogP contribution in [0, 0.1) is 5.41 Å². The van der Waals surface area contributed by atoms with Crippen LogP contribution in [-0.2, 0) is 6.30 Å². The lowest BCUT2D eigenvalue weighted by Gasteiger charge is -2.04. The molecule has 0 spiro atoms. The predicted octanol–water partition coefficient (Wildman–Crippen LogP) is 2.27. The molecular formula is C4H2BrF3N2S. The highest BCUT2D eigenvalue weighted by Crippen LogP contribution is 2.23. The fraction of sp³-hybridized carbons (Fsp3) is 0.250. The molecule has 0 amide bonds. The maximum absolute atomic E-state index is 11.9. The third-order valence-corrected chi connectivity index (χ3v) is 2.30. The average molecular weight is 247 g/mol. The molecule has 1 aromatic heterocycles. The number of thiazole rings is 1. The van der Waals surface area contributed by atoms with E-state index in [1.165, 1.54) is 0 Å². The van der Waals surface area contributed by atoms with E-state index in [-0.39, 0.29) is 4.57 Å². The molecule has 0 aromatic carbocycles. The van der Waals surface area contributed by atoms with Crippen molar-refractivity contribution in [1.82, 2.24) is 4.57 Å². The van der Waals surface area contributed by atoms with Crippen LogP contribution in [0.4, 0.5) is 13.2 Å². The van der Waals surface area contributed by atoms with Crippen molar-refractivity contribution in [3.8, 4) is 0 Å². The molecule has 62 valence electrons. The Morgan fingerprint density at radius 2 is 2.09 bits per heavy atom. The van der Waals surface area contributed by atoms with Crippen molar-refractivity contribution in [3.05, 3.63) is 14.8 Å². The highest BCUT2D eigenvalue weighted by molar-refractivity contribution is 9.11. The summed E-state index contributed by atoms with van der Waals surface area (Å²) in [4.78, 5) is -0.538. The van der Waals surface area contributed by atoms with Crippen molar-refractivity contribution in [2.75, 3.05) is 0 Å². The Labute approximate surface area is 71.9 Å². The van der Waals surface area contributed by atoms with Gasteiger partial charge in [0.25, 0.3) is 0 Å². The molecule has 0 aliphatic carbocycles. The fourth-order valence-corrected chi connectivity index (χ4v) is 1.78. The molecule has 1 rings (SSSR count). The van der Waals surface area contributed by atoms with Crippen LogP contribution in [0.2, 0.25) is 0 Å². The molecule has 0 aliphatic heterocycles. The van der Waals surface area contributed by atoms with Gasteiger partial charge < -0.3 is 0 Å². The summed E-state index contributed by atoms with van der Waals surface area (Å²) >= 11 is 3.58. The summed E-state index contributed by atoms with van der Waals surface area (Å²) in [6, 6.07) is 0. The van der Waals surface area contributed by atoms with E-state index in [1.807, 2.05) is 0 Å². The minimum atomic E-state index is -4.49. The lowest BCUT2D eigenvalue weighted by atomic mass is 10.9. The second-order valence-corrected chi connectivity index (χ2v) is 4.09. The molecule has 0 radical (unpaired) electrons. The van der Waals surface area contributed by atoms with Crippen molar-refractivity contribution < 1.29 is 13.2 Å². The number of nitrogens with zero attached hydrogens (tertiary/aromatic N) is 1. The van der Waals surface area contributed by atoms with Crippen LogP contribution < -0.4 is 4.80 Å². The highest BCUT2D eigenvalue weighted by atomic mass is 79.9. The number of hydrogen-bond donors (Lipinski definition) is 1. The van der Waals surface area contributed by atoms with Crippen molar-refractivity contribution in [1.29, 1.82) is 5.41 Å². The molecule has 0 fully saturated rings. The van der Waals surface area contributed by atoms with Gasteiger partial charge in [-0.05, 0) is 15.9 Å². The molecular weight excluding hydrogens is 245 g/mol. The largest absolute Gasteiger partial charge is 0.490 e. The van der Waals surface area contributed by atoms with E-state index in [0.717, 1.165) is 17.5 Å². The number of halogens is 4. The average Bonchev–Trinajstić information content (AvgIpc) is 2.08. The van der Waals surface area contributed by atoms with Gasteiger partial charge in [-0.15, -0.1) is 13.2 Å². The van der Waals surface area contributed by atoms with Crippen LogP contribution >= 0.6 is 27.3 Å². The Morgan fingerprint density at radius 1 is 1.55 bits per heavy atom. The fourth-order valence-electron chi connectivity index (χ4n) is 0.516. The zero-order chi connectivity index (χ0) is 8.65. The second kappa shape index (κ2) is 2.63. The van der Waals surface area contributed by atoms with E-state index in [0.29, 0.717) is 3.79 Å². The minimum absolute atomic E-state index is 0.0538. The summed E-state index contributed by atoms with van der Waals surface area (Å²) in [5.74, 6) is 0. The zero-order valence-electron chi connectivity index (χ0n) is 4.94. The molecule has 2 nitrogen and oxygen atoms in total. The Kier molecular flexibility index (Phi) is 2.10. The van der Waals surface area contributed by atoms with Gasteiger partial charge in [0, 0.05) is 6.20 Å². The van der Waals surface area contributed by atoms with Crippen LogP contribution in [0.25, 0.3) is 0 Å². The normalized spacial score (nSPS) is 12.0. The van der Waals surface area contributed by atoms with Gasteiger partial charge in [0.15, 0.2) is 4.80 Å². The molecule has 0 atom stereocenters. The lowest BCUT2D eigenvalue weighted by molar-refractivity contribution is -0.205. The summed E-state index contributed by atoms with van der Waals surface area (Å²) in [6.45, 7) is 0. The monoisotopic (exact) mass is 246 g/mol. The molecule has 1 aromatic rings. The smallest absolute Gasteiger partial charge is 0.275 e. The number of aromatic nitrogens is 1. The SMILES string of the molecule is N=c1sc(Br)cn1C(F)(F)F. The first-order valence-electron chi connectivity index (χ1n) is 2.41. The van der Waals surface area contributed by atoms with E-state index in [2.05, 4.69) is 15.9 Å². The molecule has 0 bridgehead atoms. The number of nitrogens with one attached hydrogen (secondary N) is 1. The zero-order valence-corrected chi connectivity index (χ0v) is 7.35. The van der Waals surface area contributed by atoms with Crippen LogP contribution in [0.5, 0.6) is 0 Å². The van der Waals surface area contributed by atoms with Crippen LogP contribution in [0.1, 0.15) is 0 Å². The van der Waals surface area contributed by atoms with Crippen molar-refractivity contribution >= 4 is 27.3 Å². The standard InChI is InChI=1S/C4H2BrF3N2S/c5-2-1-10(3(9)11-2)4(6,7)8/h1,9H. The van der Waals surface area contributed by atoms with E-state index < -0.39 is 11.1 Å². The quantitative estimate of drug-likeness (QED) is 0.728. The Morgan fingerprint density at radius 3 is 2.27 bits per heavy atom. The number of hydrogen-bond acceptors (Lipinski definition) is 2. The second-order valence-electron chi connectivity index (χ2n) is 1.68. The van der Waals surface area contributed by atoms with Gasteiger partial charge in [0.2, 0.25) is 0 Å². The van der Waals surface area contributed by atoms with E-state index in [4.69, 9.17) is 5.41 Å². The van der Waals surface area contributed by atoms with Crippen molar-refractivity contribution in [2.24, 2.45) is 0 Å². The van der Waals surface area contributed by atoms with E-state index >= 15 is 0 Å². The summed E-state index contributed by atoms with van der Waals surface area (Å²) in [5.41, 5.74) is 0. The number of alkyl halides is 3. The van der Waals surface area contributed by atoms with Crippen LogP contribution in [-0.4, -0.2) is 4.57 Å². The molecule has 7 heteroatoms. The Bertz CT molecular complexity index is 312. The third-order valence-electron chi connectivity index (χ3n) is 0.917. The van der Waals surface area contributed by atoms with Gasteiger partial charge in [-0.2, -0.15) is 0 Å². The van der Waals surface area contributed by atoms with E-state index in [1.54, 1.807) is 0 Å². The first kappa shape index (κ1) is 8.79. The van der Waals surface area contributed by atoms with Crippen molar-refractivity contribution in [2.45, 2.75) is 6.30 Å². The maximum atomic E-state index is 11.9. The summed E-state index contributed by atoms with van der Waals surface area (Å²) in [6.07, 6.45) is -3.66. The molecule has 0 aliphatic rings. The van der Waals surface area contributed by atoms with Gasteiger partial charge in [-0.3, -0.25) is 5.41 Å². The van der Waals surface area contributed by atoms with Gasteiger partial charge in [0.05, 0.1) is 3.79 Å². The van der Waals surface area contributed by atoms with E-state index in [9.17, 15) is 13.2 Å². The summed E-state index contributed by atoms with van der Waals surface area (Å²) in [7, 11) is 0. The molecule has 1 N–H and O–H groups in total. The molecule has 0 saturated heterocycles. The predicted molar refractivity (Wildman–Crippen MR) is 37.2 cm³/mol. The molecule has 11 heavy (non-hydrogen) atoms. The van der Waals surface area contributed by atoms with Gasteiger partial charge >= 0.3 is 6.30 Å². The molecule has 1 heterocycles. The van der Waals surface area contributed by atoms with Crippen molar-refractivity contribution in [3.63, 3.8) is 0 Å². The van der Waals surface area contributed by atoms with Gasteiger partial charge in [-0.1, -0.05) is 11.3 Å². The first-order chi connectivity index (χ1) is 4.91. The summed E-state index contributed by atoms with van der Waals surface area (Å²) < 4.78 is 35.9. The van der Waals surface area contributed by atoms with Crippen LogP contribution in [0.3, 0.4) is 0 Å². The maximum Gasteiger partial charge on any atom is 0.490 e. The highest BCUT2D eigenvalue weighted by Gasteiger charge is 2.31. The lowest BCUT2D eigenvalue weighted by Crippen LogP contribution is -2.25. The van der Waals surface area contributed by atoms with Gasteiger partial charge in [-0.25, -0.2) is 4.57 Å². The van der Waals surface area contributed by atoms with Gasteiger partial charge in [0.1, 0.15) is 0 Å².